The van der Waals surface area contributed by atoms with Crippen molar-refractivity contribution in [3.05, 3.63) is 53.6 Å². The number of ether oxygens (including phenoxy) is 1. The van der Waals surface area contributed by atoms with E-state index in [1.807, 2.05) is 31.2 Å². The maximum Gasteiger partial charge on any atom is 0.335 e. The monoisotopic (exact) mass is 243 g/mol. The molecule has 0 fully saturated rings. The van der Waals surface area contributed by atoms with Gasteiger partial charge in [0.15, 0.2) is 0 Å². The Morgan fingerprint density at radius 2 is 1.89 bits per heavy atom. The second-order valence-corrected chi connectivity index (χ2v) is 3.93. The van der Waals surface area contributed by atoms with Crippen molar-refractivity contribution in [2.75, 3.05) is 5.73 Å². The first kappa shape index (κ1) is 12.0. The van der Waals surface area contributed by atoms with Gasteiger partial charge in [0.05, 0.1) is 11.3 Å². The van der Waals surface area contributed by atoms with Gasteiger partial charge in [0.25, 0.3) is 0 Å². The molecule has 0 aliphatic carbocycles. The molecule has 2 rings (SSSR count). The van der Waals surface area contributed by atoms with Crippen LogP contribution < -0.4 is 10.5 Å². The fourth-order valence-electron chi connectivity index (χ4n) is 1.56. The Kier molecular flexibility index (Phi) is 3.19. The molecule has 0 saturated heterocycles. The van der Waals surface area contributed by atoms with E-state index >= 15 is 0 Å². The quantitative estimate of drug-likeness (QED) is 0.812. The standard InChI is InChI=1S/C14H13NO3/c1-9-4-2-3-5-12(9)18-13-7-6-10(14(16)17)8-11(13)15/h2-8H,15H2,1H3,(H,16,17). The molecule has 0 amide bonds. The summed E-state index contributed by atoms with van der Waals surface area (Å²) < 4.78 is 5.66. The van der Waals surface area contributed by atoms with Crippen molar-refractivity contribution < 1.29 is 14.6 Å². The van der Waals surface area contributed by atoms with Crippen LogP contribution in [0, 0.1) is 6.92 Å². The lowest BCUT2D eigenvalue weighted by Gasteiger charge is -2.10. The highest BCUT2D eigenvalue weighted by atomic mass is 16.5. The first-order chi connectivity index (χ1) is 8.58. The number of carboxylic acid groups (broad SMARTS) is 1. The second kappa shape index (κ2) is 4.79. The van der Waals surface area contributed by atoms with Gasteiger partial charge in [-0.05, 0) is 36.8 Å². The van der Waals surface area contributed by atoms with Gasteiger partial charge >= 0.3 is 5.97 Å². The first-order valence-electron chi connectivity index (χ1n) is 5.44. The average Bonchev–Trinajstić information content (AvgIpc) is 2.34. The molecule has 4 nitrogen and oxygen atoms in total. The van der Waals surface area contributed by atoms with Gasteiger partial charge in [0.1, 0.15) is 11.5 Å². The van der Waals surface area contributed by atoms with Crippen LogP contribution in [0.25, 0.3) is 0 Å². The molecule has 2 aromatic carbocycles. The fraction of sp³-hybridized carbons (Fsp3) is 0.0714. The van der Waals surface area contributed by atoms with Crippen LogP contribution >= 0.6 is 0 Å². The van der Waals surface area contributed by atoms with E-state index in [9.17, 15) is 4.79 Å². The molecule has 18 heavy (non-hydrogen) atoms. The Bertz CT molecular complexity index is 593. The van der Waals surface area contributed by atoms with Gasteiger partial charge in [-0.1, -0.05) is 18.2 Å². The number of nitrogens with two attached hydrogens (primary N) is 1. The predicted octanol–water partition coefficient (Wildman–Crippen LogP) is 3.07. The predicted molar refractivity (Wildman–Crippen MR) is 69.1 cm³/mol. The molecule has 4 heteroatoms. The van der Waals surface area contributed by atoms with Crippen LogP contribution in [0.1, 0.15) is 15.9 Å². The number of hydrogen-bond donors (Lipinski definition) is 2. The van der Waals surface area contributed by atoms with Gasteiger partial charge in [-0.25, -0.2) is 4.79 Å². The van der Waals surface area contributed by atoms with Crippen molar-refractivity contribution in [1.29, 1.82) is 0 Å². The average molecular weight is 243 g/mol. The Labute approximate surface area is 105 Å². The molecule has 0 aromatic heterocycles. The minimum Gasteiger partial charge on any atom is -0.478 e. The van der Waals surface area contributed by atoms with Gasteiger partial charge in [-0.2, -0.15) is 0 Å². The van der Waals surface area contributed by atoms with Crippen LogP contribution in [-0.2, 0) is 0 Å². The molecule has 0 radical (unpaired) electrons. The van der Waals surface area contributed by atoms with E-state index in [4.69, 9.17) is 15.6 Å². The third-order valence-corrected chi connectivity index (χ3v) is 2.57. The lowest BCUT2D eigenvalue weighted by atomic mass is 10.2. The Morgan fingerprint density at radius 3 is 2.50 bits per heavy atom. The summed E-state index contributed by atoms with van der Waals surface area (Å²) in [6.45, 7) is 1.93. The third-order valence-electron chi connectivity index (χ3n) is 2.57. The highest BCUT2D eigenvalue weighted by Crippen LogP contribution is 2.29. The van der Waals surface area contributed by atoms with Crippen LogP contribution in [0.5, 0.6) is 11.5 Å². The van der Waals surface area contributed by atoms with Crippen LogP contribution in [0.2, 0.25) is 0 Å². The minimum absolute atomic E-state index is 0.143. The molecule has 0 saturated carbocycles. The smallest absolute Gasteiger partial charge is 0.335 e. The minimum atomic E-state index is -1.01. The zero-order valence-corrected chi connectivity index (χ0v) is 9.88. The van der Waals surface area contributed by atoms with E-state index in [1.54, 1.807) is 6.07 Å². The highest BCUT2D eigenvalue weighted by Gasteiger charge is 2.08. The SMILES string of the molecule is Cc1ccccc1Oc1ccc(C(=O)O)cc1N. The maximum atomic E-state index is 10.8. The highest BCUT2D eigenvalue weighted by molar-refractivity contribution is 5.89. The number of nitrogen functional groups attached to an aromatic ring is 1. The van der Waals surface area contributed by atoms with Crippen LogP contribution in [0.3, 0.4) is 0 Å². The second-order valence-electron chi connectivity index (χ2n) is 3.93. The summed E-state index contributed by atoms with van der Waals surface area (Å²) in [7, 11) is 0. The molecule has 0 unspecified atom stereocenters. The molecule has 0 atom stereocenters. The number of carbonyl (C=O) groups is 1. The van der Waals surface area contributed by atoms with Crippen molar-refractivity contribution in [1.82, 2.24) is 0 Å². The summed E-state index contributed by atoms with van der Waals surface area (Å²) in [5.74, 6) is 0.144. The number of para-hydroxylation sites is 1. The van der Waals surface area contributed by atoms with Crippen molar-refractivity contribution in [3.63, 3.8) is 0 Å². The number of anilines is 1. The zero-order valence-electron chi connectivity index (χ0n) is 9.88. The fourth-order valence-corrected chi connectivity index (χ4v) is 1.56. The van der Waals surface area contributed by atoms with E-state index in [0.29, 0.717) is 17.2 Å². The summed E-state index contributed by atoms with van der Waals surface area (Å²) in [5, 5.41) is 8.84. The summed E-state index contributed by atoms with van der Waals surface area (Å²) in [5.41, 5.74) is 7.20. The summed E-state index contributed by atoms with van der Waals surface area (Å²) in [6, 6.07) is 12.0. The van der Waals surface area contributed by atoms with Gasteiger partial charge in [-0.3, -0.25) is 0 Å². The van der Waals surface area contributed by atoms with Crippen LogP contribution in [0.15, 0.2) is 42.5 Å². The number of aromatic carboxylic acids is 1. The molecule has 2 aromatic rings. The lowest BCUT2D eigenvalue weighted by molar-refractivity contribution is 0.0697. The van der Waals surface area contributed by atoms with Gasteiger partial charge in [-0.15, -0.1) is 0 Å². The first-order valence-corrected chi connectivity index (χ1v) is 5.44. The lowest BCUT2D eigenvalue weighted by Crippen LogP contribution is -1.99. The zero-order chi connectivity index (χ0) is 13.1. The molecule has 3 N–H and O–H groups in total. The van der Waals surface area contributed by atoms with Crippen molar-refractivity contribution in [2.45, 2.75) is 6.92 Å². The third kappa shape index (κ3) is 2.43. The molecule has 0 spiro atoms. The van der Waals surface area contributed by atoms with Gasteiger partial charge in [0.2, 0.25) is 0 Å². The summed E-state index contributed by atoms with van der Waals surface area (Å²) in [6.07, 6.45) is 0. The number of aryl methyl sites for hydroxylation is 1. The molecule has 0 aliphatic rings. The molecular formula is C14H13NO3. The number of benzene rings is 2. The largest absolute Gasteiger partial charge is 0.478 e. The van der Waals surface area contributed by atoms with Crippen LogP contribution in [0.4, 0.5) is 5.69 Å². The van der Waals surface area contributed by atoms with E-state index in [1.165, 1.54) is 12.1 Å². The molecule has 0 heterocycles. The topological polar surface area (TPSA) is 72.5 Å². The van der Waals surface area contributed by atoms with E-state index in [2.05, 4.69) is 0 Å². The molecule has 0 bridgehead atoms. The van der Waals surface area contributed by atoms with E-state index in [0.717, 1.165) is 5.56 Å². The summed E-state index contributed by atoms with van der Waals surface area (Å²) in [4.78, 5) is 10.8. The maximum absolute atomic E-state index is 10.8. The Balaban J connectivity index is 2.30. The number of hydrogen-bond acceptors (Lipinski definition) is 3. The van der Waals surface area contributed by atoms with E-state index < -0.39 is 5.97 Å². The van der Waals surface area contributed by atoms with Crippen molar-refractivity contribution in [2.24, 2.45) is 0 Å². The number of carboxylic acids is 1. The van der Waals surface area contributed by atoms with Gasteiger partial charge < -0.3 is 15.6 Å². The Hall–Kier alpha value is -2.49. The number of rotatable bonds is 3. The normalized spacial score (nSPS) is 10.1. The molecular weight excluding hydrogens is 230 g/mol. The Morgan fingerprint density at radius 1 is 1.17 bits per heavy atom. The van der Waals surface area contributed by atoms with Gasteiger partial charge in [0, 0.05) is 0 Å². The molecule has 92 valence electrons. The summed E-state index contributed by atoms with van der Waals surface area (Å²) >= 11 is 0. The van der Waals surface area contributed by atoms with E-state index in [-0.39, 0.29) is 5.56 Å². The molecule has 0 aliphatic heterocycles. The van der Waals surface area contributed by atoms with Crippen LogP contribution in [-0.4, -0.2) is 11.1 Å². The van der Waals surface area contributed by atoms with Crippen molar-refractivity contribution in [3.8, 4) is 11.5 Å². The van der Waals surface area contributed by atoms with Crippen molar-refractivity contribution >= 4 is 11.7 Å².